The first-order chi connectivity index (χ1) is 13.8. The van der Waals surface area contributed by atoms with Crippen LogP contribution in [0.3, 0.4) is 0 Å². The Hall–Kier alpha value is -3.62. The normalized spacial score (nSPS) is 11.1. The smallest absolute Gasteiger partial charge is 0.465 e. The number of anilines is 2. The number of benzene rings is 2. The minimum atomic E-state index is -4.82. The number of aromatic nitrogens is 2. The zero-order valence-electron chi connectivity index (χ0n) is 15.4. The van der Waals surface area contributed by atoms with Gasteiger partial charge >= 0.3 is 12.3 Å². The molecule has 9 heteroatoms. The average Bonchev–Trinajstić information content (AvgIpc) is 2.69. The Morgan fingerprint density at radius 3 is 2.41 bits per heavy atom. The molecular formula is C20H16F3N3O3. The van der Waals surface area contributed by atoms with E-state index in [4.69, 9.17) is 0 Å². The lowest BCUT2D eigenvalue weighted by molar-refractivity contribution is -0.274. The molecule has 1 aromatic heterocycles. The summed E-state index contributed by atoms with van der Waals surface area (Å²) in [6.07, 6.45) is -3.32. The highest BCUT2D eigenvalue weighted by atomic mass is 19.4. The summed E-state index contributed by atoms with van der Waals surface area (Å²) < 4.78 is 46.9. The number of halogens is 3. The largest absolute Gasteiger partial charge is 0.573 e. The second kappa shape index (κ2) is 8.17. The van der Waals surface area contributed by atoms with Crippen LogP contribution in [0.15, 0.2) is 54.7 Å². The molecule has 1 N–H and O–H groups in total. The van der Waals surface area contributed by atoms with E-state index in [1.165, 1.54) is 31.5 Å². The Kier molecular flexibility index (Phi) is 5.67. The van der Waals surface area contributed by atoms with Gasteiger partial charge in [0.05, 0.1) is 18.4 Å². The van der Waals surface area contributed by atoms with E-state index in [1.807, 2.05) is 0 Å². The first kappa shape index (κ1) is 20.1. The van der Waals surface area contributed by atoms with Crippen LogP contribution < -0.4 is 10.1 Å². The van der Waals surface area contributed by atoms with Crippen molar-refractivity contribution in [2.45, 2.75) is 13.3 Å². The predicted molar refractivity (Wildman–Crippen MR) is 100.0 cm³/mol. The highest BCUT2D eigenvalue weighted by molar-refractivity contribution is 5.89. The maximum absolute atomic E-state index is 12.7. The van der Waals surface area contributed by atoms with E-state index in [2.05, 4.69) is 24.8 Å². The molecule has 0 fully saturated rings. The van der Waals surface area contributed by atoms with Gasteiger partial charge in [0.2, 0.25) is 5.95 Å². The van der Waals surface area contributed by atoms with Crippen molar-refractivity contribution < 1.29 is 27.4 Å². The monoisotopic (exact) mass is 403 g/mol. The van der Waals surface area contributed by atoms with Crippen LogP contribution in [-0.4, -0.2) is 29.4 Å². The van der Waals surface area contributed by atoms with E-state index in [9.17, 15) is 18.0 Å². The number of hydrogen-bond donors (Lipinski definition) is 1. The van der Waals surface area contributed by atoms with Crippen LogP contribution >= 0.6 is 0 Å². The van der Waals surface area contributed by atoms with Crippen molar-refractivity contribution in [3.63, 3.8) is 0 Å². The maximum Gasteiger partial charge on any atom is 0.573 e. The number of nitrogens with zero attached hydrogens (tertiary/aromatic N) is 2. The van der Waals surface area contributed by atoms with Crippen molar-refractivity contribution in [3.8, 4) is 17.0 Å². The molecule has 0 aliphatic carbocycles. The summed E-state index contributed by atoms with van der Waals surface area (Å²) in [7, 11) is 1.29. The van der Waals surface area contributed by atoms with Gasteiger partial charge < -0.3 is 14.8 Å². The molecule has 0 spiro atoms. The average molecular weight is 403 g/mol. The van der Waals surface area contributed by atoms with Crippen molar-refractivity contribution in [1.29, 1.82) is 0 Å². The molecule has 1 heterocycles. The Morgan fingerprint density at radius 2 is 1.76 bits per heavy atom. The van der Waals surface area contributed by atoms with Gasteiger partial charge in [-0.05, 0) is 48.9 Å². The fraction of sp³-hybridized carbons (Fsp3) is 0.150. The number of nitrogens with one attached hydrogen (secondary N) is 1. The molecule has 3 aromatic rings. The standard InChI is InChI=1S/C20H16F3N3O3/c1-12-11-24-19(25-14-9-7-13(8-10-14)18(27)28-2)26-17(12)15-5-3-4-6-16(15)29-20(21,22)23/h3-11H,1-2H3,(H,24,25,26). The minimum Gasteiger partial charge on any atom is -0.465 e. The summed E-state index contributed by atoms with van der Waals surface area (Å²) in [4.78, 5) is 20.0. The van der Waals surface area contributed by atoms with E-state index in [1.54, 1.807) is 37.3 Å². The molecule has 3 rings (SSSR count). The number of ether oxygens (including phenoxy) is 2. The van der Waals surface area contributed by atoms with Crippen LogP contribution in [0.4, 0.5) is 24.8 Å². The van der Waals surface area contributed by atoms with Gasteiger partial charge in [0.25, 0.3) is 0 Å². The van der Waals surface area contributed by atoms with E-state index in [0.717, 1.165) is 0 Å². The van der Waals surface area contributed by atoms with Crippen LogP contribution in [-0.2, 0) is 4.74 Å². The first-order valence-corrected chi connectivity index (χ1v) is 8.41. The van der Waals surface area contributed by atoms with Crippen molar-refractivity contribution >= 4 is 17.6 Å². The van der Waals surface area contributed by atoms with Crippen molar-refractivity contribution in [2.75, 3.05) is 12.4 Å². The molecule has 0 unspecified atom stereocenters. The second-order valence-corrected chi connectivity index (χ2v) is 5.96. The molecule has 150 valence electrons. The summed E-state index contributed by atoms with van der Waals surface area (Å²) in [5.41, 5.74) is 2.03. The van der Waals surface area contributed by atoms with Crippen molar-refractivity contribution in [2.24, 2.45) is 0 Å². The maximum atomic E-state index is 12.7. The van der Waals surface area contributed by atoms with Crippen molar-refractivity contribution in [3.05, 3.63) is 65.9 Å². The van der Waals surface area contributed by atoms with Crippen LogP contribution in [0.1, 0.15) is 15.9 Å². The fourth-order valence-corrected chi connectivity index (χ4v) is 2.59. The molecular weight excluding hydrogens is 387 g/mol. The molecule has 0 aliphatic heterocycles. The third kappa shape index (κ3) is 5.01. The highest BCUT2D eigenvalue weighted by Gasteiger charge is 2.32. The van der Waals surface area contributed by atoms with E-state index < -0.39 is 12.3 Å². The number of esters is 1. The number of hydrogen-bond acceptors (Lipinski definition) is 6. The molecule has 6 nitrogen and oxygen atoms in total. The summed E-state index contributed by atoms with van der Waals surface area (Å²) in [6.45, 7) is 1.69. The second-order valence-electron chi connectivity index (χ2n) is 5.96. The molecule has 0 saturated heterocycles. The van der Waals surface area contributed by atoms with Gasteiger partial charge in [-0.3, -0.25) is 0 Å². The summed E-state index contributed by atoms with van der Waals surface area (Å²) in [5, 5.41) is 2.96. The molecule has 0 amide bonds. The Labute approximate surface area is 164 Å². The third-order valence-corrected chi connectivity index (χ3v) is 3.90. The Bertz CT molecular complexity index is 1020. The molecule has 0 atom stereocenters. The number of rotatable bonds is 5. The SMILES string of the molecule is COC(=O)c1ccc(Nc2ncc(C)c(-c3ccccc3OC(F)(F)F)n2)cc1. The van der Waals surface area contributed by atoms with Crippen molar-refractivity contribution in [1.82, 2.24) is 9.97 Å². The topological polar surface area (TPSA) is 73.3 Å². The fourth-order valence-electron chi connectivity index (χ4n) is 2.59. The van der Waals surface area contributed by atoms with Gasteiger partial charge in [0.15, 0.2) is 0 Å². The molecule has 2 aromatic carbocycles. The van der Waals surface area contributed by atoms with Gasteiger partial charge in [-0.15, -0.1) is 13.2 Å². The number of carbonyl (C=O) groups is 1. The zero-order valence-corrected chi connectivity index (χ0v) is 15.4. The van der Waals surface area contributed by atoms with Gasteiger partial charge in [-0.25, -0.2) is 14.8 Å². The number of alkyl halides is 3. The molecule has 29 heavy (non-hydrogen) atoms. The van der Waals surface area contributed by atoms with Crippen LogP contribution in [0.2, 0.25) is 0 Å². The molecule has 0 radical (unpaired) electrons. The number of aryl methyl sites for hydroxylation is 1. The lowest BCUT2D eigenvalue weighted by Gasteiger charge is -2.15. The Morgan fingerprint density at radius 1 is 1.07 bits per heavy atom. The predicted octanol–water partition coefficient (Wildman–Crippen LogP) is 4.88. The van der Waals surface area contributed by atoms with Gasteiger partial charge in [-0.2, -0.15) is 0 Å². The highest BCUT2D eigenvalue weighted by Crippen LogP contribution is 2.34. The zero-order chi connectivity index (χ0) is 21.0. The minimum absolute atomic E-state index is 0.179. The number of methoxy groups -OCH3 is 1. The van der Waals surface area contributed by atoms with Crippen LogP contribution in [0, 0.1) is 6.92 Å². The van der Waals surface area contributed by atoms with E-state index in [0.29, 0.717) is 22.5 Å². The summed E-state index contributed by atoms with van der Waals surface area (Å²) in [5.74, 6) is -0.639. The molecule has 0 bridgehead atoms. The molecule has 0 aliphatic rings. The van der Waals surface area contributed by atoms with Gasteiger partial charge in [0.1, 0.15) is 5.75 Å². The third-order valence-electron chi connectivity index (χ3n) is 3.90. The summed E-state index contributed by atoms with van der Waals surface area (Å²) in [6, 6.07) is 12.2. The molecule has 0 saturated carbocycles. The van der Waals surface area contributed by atoms with E-state index in [-0.39, 0.29) is 17.3 Å². The van der Waals surface area contributed by atoms with Crippen LogP contribution in [0.5, 0.6) is 5.75 Å². The van der Waals surface area contributed by atoms with Gasteiger partial charge in [-0.1, -0.05) is 12.1 Å². The van der Waals surface area contributed by atoms with Crippen LogP contribution in [0.25, 0.3) is 11.3 Å². The Balaban J connectivity index is 1.91. The number of para-hydroxylation sites is 1. The first-order valence-electron chi connectivity index (χ1n) is 8.41. The number of carbonyl (C=O) groups excluding carboxylic acids is 1. The lowest BCUT2D eigenvalue weighted by Crippen LogP contribution is -2.17. The summed E-state index contributed by atoms with van der Waals surface area (Å²) >= 11 is 0. The quantitative estimate of drug-likeness (QED) is 0.612. The van der Waals surface area contributed by atoms with E-state index >= 15 is 0 Å². The lowest BCUT2D eigenvalue weighted by atomic mass is 10.1. The van der Waals surface area contributed by atoms with Gasteiger partial charge in [0, 0.05) is 17.4 Å².